The minimum atomic E-state index is 1.06. The van der Waals surface area contributed by atoms with Crippen molar-refractivity contribution in [2.24, 2.45) is 23.7 Å². The Labute approximate surface area is 51.3 Å². The zero-order valence-electron chi connectivity index (χ0n) is 5.72. The summed E-state index contributed by atoms with van der Waals surface area (Å²) in [5.74, 6) is 4.38. The highest BCUT2D eigenvalue weighted by Gasteiger charge is 2.47. The van der Waals surface area contributed by atoms with E-state index < -0.39 is 0 Å². The van der Waals surface area contributed by atoms with Crippen molar-refractivity contribution < 1.29 is 0 Å². The van der Waals surface area contributed by atoms with Gasteiger partial charge in [0.15, 0.2) is 0 Å². The van der Waals surface area contributed by atoms with Crippen LogP contribution in [0.2, 0.25) is 0 Å². The molecule has 3 aliphatic carbocycles. The van der Waals surface area contributed by atoms with Gasteiger partial charge in [0.05, 0.1) is 0 Å². The molecule has 0 N–H and O–H groups in total. The van der Waals surface area contributed by atoms with Crippen LogP contribution in [-0.4, -0.2) is 0 Å². The van der Waals surface area contributed by atoms with Gasteiger partial charge in [-0.05, 0) is 36.5 Å². The number of hydrogen-bond donors (Lipinski definition) is 0. The van der Waals surface area contributed by atoms with E-state index in [1.807, 2.05) is 0 Å². The van der Waals surface area contributed by atoms with Crippen molar-refractivity contribution in [3.05, 3.63) is 0 Å². The summed E-state index contributed by atoms with van der Waals surface area (Å²) in [6.45, 7) is 4.84. The van der Waals surface area contributed by atoms with Crippen LogP contribution in [0.3, 0.4) is 0 Å². The summed E-state index contributed by atoms with van der Waals surface area (Å²) in [6, 6.07) is 0. The maximum absolute atomic E-state index is 2.42. The van der Waals surface area contributed by atoms with Gasteiger partial charge in [-0.25, -0.2) is 0 Å². The zero-order valence-corrected chi connectivity index (χ0v) is 5.72. The average molecular weight is 110 g/mol. The van der Waals surface area contributed by atoms with Crippen LogP contribution in [0.25, 0.3) is 0 Å². The molecule has 0 spiro atoms. The zero-order chi connectivity index (χ0) is 5.72. The smallest absolute Gasteiger partial charge is 0.0380 e. The summed E-state index contributed by atoms with van der Waals surface area (Å²) in [7, 11) is 0. The van der Waals surface area contributed by atoms with Gasteiger partial charge in [-0.1, -0.05) is 13.8 Å². The van der Waals surface area contributed by atoms with Crippen molar-refractivity contribution in [2.75, 3.05) is 0 Å². The highest BCUT2D eigenvalue weighted by Crippen LogP contribution is 2.55. The van der Waals surface area contributed by atoms with Crippen LogP contribution < -0.4 is 0 Å². The van der Waals surface area contributed by atoms with Gasteiger partial charge in [-0.15, -0.1) is 0 Å². The lowest BCUT2D eigenvalue weighted by Crippen LogP contribution is -2.13. The number of fused-ring (bicyclic) bond motifs is 1. The summed E-state index contributed by atoms with van der Waals surface area (Å²) in [5.41, 5.74) is 0. The van der Waals surface area contributed by atoms with Crippen LogP contribution in [0.15, 0.2) is 0 Å². The van der Waals surface area contributed by atoms with Gasteiger partial charge in [0.25, 0.3) is 0 Å². The van der Waals surface area contributed by atoms with E-state index in [1.54, 1.807) is 12.8 Å². The Morgan fingerprint density at radius 3 is 1.38 bits per heavy atom. The van der Waals surface area contributed by atoms with Crippen LogP contribution in [0, 0.1) is 23.7 Å². The predicted molar refractivity (Wildman–Crippen MR) is 34.5 cm³/mol. The van der Waals surface area contributed by atoms with E-state index in [-0.39, 0.29) is 0 Å². The molecule has 0 aromatic carbocycles. The molecule has 0 heterocycles. The molecule has 0 saturated heterocycles. The maximum atomic E-state index is 2.42. The molecule has 3 fully saturated rings. The Hall–Kier alpha value is 0. The van der Waals surface area contributed by atoms with Crippen molar-refractivity contribution in [3.8, 4) is 0 Å². The maximum Gasteiger partial charge on any atom is -0.0380 e. The van der Waals surface area contributed by atoms with Crippen LogP contribution in [-0.2, 0) is 0 Å². The molecule has 0 nitrogen and oxygen atoms in total. The van der Waals surface area contributed by atoms with Gasteiger partial charge < -0.3 is 0 Å². The summed E-state index contributed by atoms with van der Waals surface area (Å²) in [5, 5.41) is 0. The SMILES string of the molecule is CC1C2CC(C2)C1C. The van der Waals surface area contributed by atoms with Crippen molar-refractivity contribution in [1.29, 1.82) is 0 Å². The summed E-state index contributed by atoms with van der Waals surface area (Å²) < 4.78 is 0. The van der Waals surface area contributed by atoms with E-state index in [1.165, 1.54) is 0 Å². The lowest BCUT2D eigenvalue weighted by Gasteiger charge is -2.23. The fourth-order valence-corrected chi connectivity index (χ4v) is 2.43. The van der Waals surface area contributed by atoms with Gasteiger partial charge in [-0.3, -0.25) is 0 Å². The Morgan fingerprint density at radius 2 is 1.25 bits per heavy atom. The van der Waals surface area contributed by atoms with Crippen LogP contribution in [0.5, 0.6) is 0 Å². The molecule has 2 unspecified atom stereocenters. The van der Waals surface area contributed by atoms with Crippen LogP contribution in [0.4, 0.5) is 0 Å². The second kappa shape index (κ2) is 1.29. The fraction of sp³-hybridized carbons (Fsp3) is 1.00. The normalized spacial score (nSPS) is 60.8. The Balaban J connectivity index is 2.16. The lowest BCUT2D eigenvalue weighted by atomic mass is 9.82. The second-order valence-corrected chi connectivity index (χ2v) is 3.71. The minimum Gasteiger partial charge on any atom is -0.0620 e. The van der Waals surface area contributed by atoms with E-state index in [9.17, 15) is 0 Å². The van der Waals surface area contributed by atoms with Crippen molar-refractivity contribution in [1.82, 2.24) is 0 Å². The first kappa shape index (κ1) is 4.84. The minimum absolute atomic E-state index is 1.06. The first-order chi connectivity index (χ1) is 3.79. The molecule has 2 bridgehead atoms. The summed E-state index contributed by atoms with van der Waals surface area (Å²) in [4.78, 5) is 0. The van der Waals surface area contributed by atoms with E-state index in [2.05, 4.69) is 13.8 Å². The molecule has 2 atom stereocenters. The Morgan fingerprint density at radius 1 is 0.875 bits per heavy atom. The molecule has 0 amide bonds. The van der Waals surface area contributed by atoms with Gasteiger partial charge in [0.2, 0.25) is 0 Å². The molecule has 3 rings (SSSR count). The highest BCUT2D eigenvalue weighted by molar-refractivity contribution is 4.96. The monoisotopic (exact) mass is 110 g/mol. The third-order valence-electron chi connectivity index (χ3n) is 3.53. The van der Waals surface area contributed by atoms with Crippen molar-refractivity contribution in [2.45, 2.75) is 26.7 Å². The van der Waals surface area contributed by atoms with Gasteiger partial charge in [0.1, 0.15) is 0 Å². The highest BCUT2D eigenvalue weighted by atomic mass is 14.5. The topological polar surface area (TPSA) is 0 Å². The number of hydrogen-bond acceptors (Lipinski definition) is 0. The van der Waals surface area contributed by atoms with Gasteiger partial charge in [0, 0.05) is 0 Å². The molecule has 0 heteroatoms. The Bertz CT molecular complexity index is 88.6. The van der Waals surface area contributed by atoms with Crippen molar-refractivity contribution in [3.63, 3.8) is 0 Å². The quantitative estimate of drug-likeness (QED) is 0.449. The molecule has 0 radical (unpaired) electrons. The van der Waals surface area contributed by atoms with E-state index in [0.29, 0.717) is 0 Å². The van der Waals surface area contributed by atoms with E-state index in [4.69, 9.17) is 0 Å². The molecule has 0 aromatic rings. The van der Waals surface area contributed by atoms with Crippen LogP contribution >= 0.6 is 0 Å². The molecule has 3 aliphatic rings. The molecule has 0 aliphatic heterocycles. The number of rotatable bonds is 0. The molecule has 8 heavy (non-hydrogen) atoms. The fourth-order valence-electron chi connectivity index (χ4n) is 2.43. The molecule has 46 valence electrons. The van der Waals surface area contributed by atoms with Gasteiger partial charge in [-0.2, -0.15) is 0 Å². The molecular formula is C8H14. The summed E-state index contributed by atoms with van der Waals surface area (Å²) >= 11 is 0. The predicted octanol–water partition coefficient (Wildman–Crippen LogP) is 2.30. The standard InChI is InChI=1S/C8H14/c1-5-6(2)8-3-7(5)4-8/h5-8H,3-4H2,1-2H3. The molecule has 0 aromatic heterocycles. The average Bonchev–Trinajstić information content (AvgIpc) is 1.89. The first-order valence-electron chi connectivity index (χ1n) is 3.79. The van der Waals surface area contributed by atoms with Gasteiger partial charge >= 0.3 is 0 Å². The Kier molecular flexibility index (Phi) is 0.778. The molecular weight excluding hydrogens is 96.1 g/mol. The third-order valence-corrected chi connectivity index (χ3v) is 3.53. The first-order valence-corrected chi connectivity index (χ1v) is 3.79. The van der Waals surface area contributed by atoms with Crippen LogP contribution in [0.1, 0.15) is 26.7 Å². The second-order valence-electron chi connectivity index (χ2n) is 3.71. The third kappa shape index (κ3) is 0.375. The largest absolute Gasteiger partial charge is 0.0620 e. The molecule has 3 saturated carbocycles. The lowest BCUT2D eigenvalue weighted by molar-refractivity contribution is 0.273. The van der Waals surface area contributed by atoms with Crippen molar-refractivity contribution >= 4 is 0 Å². The van der Waals surface area contributed by atoms with E-state index in [0.717, 1.165) is 23.7 Å². The summed E-state index contributed by atoms with van der Waals surface area (Å²) in [6.07, 6.45) is 3.12. The van der Waals surface area contributed by atoms with E-state index >= 15 is 0 Å².